The van der Waals surface area contributed by atoms with Crippen LogP contribution in [0.5, 0.6) is 5.75 Å². The molecular formula is C16H13NO2. The minimum Gasteiger partial charge on any atom is -0.508 e. The zero-order chi connectivity index (χ0) is 13.2. The zero-order valence-corrected chi connectivity index (χ0v) is 10.2. The number of pyridine rings is 1. The third-order valence-electron chi connectivity index (χ3n) is 3.24. The van der Waals surface area contributed by atoms with Crippen LogP contribution in [0.15, 0.2) is 60.9 Å². The standard InChI is InChI=1S/C16H13NO2/c18-14-6-5-11-3-1-2-4-13(11)15(14)16(19)12-7-9-17-10-8-12/h1-10,16,18-19H. The number of hydrogen-bond acceptors (Lipinski definition) is 3. The fourth-order valence-corrected chi connectivity index (χ4v) is 2.28. The largest absolute Gasteiger partial charge is 0.508 e. The molecule has 0 amide bonds. The molecule has 2 aromatic carbocycles. The minimum absolute atomic E-state index is 0.100. The number of aliphatic hydroxyl groups excluding tert-OH is 1. The van der Waals surface area contributed by atoms with Gasteiger partial charge in [-0.05, 0) is 34.5 Å². The molecular weight excluding hydrogens is 238 g/mol. The molecule has 0 fully saturated rings. The Balaban J connectivity index is 2.22. The third-order valence-corrected chi connectivity index (χ3v) is 3.24. The highest BCUT2D eigenvalue weighted by Gasteiger charge is 2.17. The van der Waals surface area contributed by atoms with E-state index in [-0.39, 0.29) is 5.75 Å². The fourth-order valence-electron chi connectivity index (χ4n) is 2.28. The summed E-state index contributed by atoms with van der Waals surface area (Å²) in [4.78, 5) is 3.93. The number of aliphatic hydroxyl groups is 1. The highest BCUT2D eigenvalue weighted by Crippen LogP contribution is 2.35. The van der Waals surface area contributed by atoms with Crippen LogP contribution in [-0.2, 0) is 0 Å². The molecule has 0 saturated heterocycles. The molecule has 0 aliphatic heterocycles. The first-order valence-corrected chi connectivity index (χ1v) is 6.06. The van der Waals surface area contributed by atoms with Crippen molar-refractivity contribution in [2.75, 3.05) is 0 Å². The van der Waals surface area contributed by atoms with Crippen LogP contribution in [-0.4, -0.2) is 15.2 Å². The van der Waals surface area contributed by atoms with Gasteiger partial charge in [0.25, 0.3) is 0 Å². The van der Waals surface area contributed by atoms with Crippen molar-refractivity contribution in [3.8, 4) is 5.75 Å². The summed E-state index contributed by atoms with van der Waals surface area (Å²) in [7, 11) is 0. The van der Waals surface area contributed by atoms with E-state index in [1.54, 1.807) is 30.6 Å². The van der Waals surface area contributed by atoms with Gasteiger partial charge < -0.3 is 10.2 Å². The van der Waals surface area contributed by atoms with Crippen LogP contribution >= 0.6 is 0 Å². The second kappa shape index (κ2) is 4.71. The molecule has 1 aromatic heterocycles. The van der Waals surface area contributed by atoms with E-state index in [0.29, 0.717) is 11.1 Å². The van der Waals surface area contributed by atoms with Crippen LogP contribution in [0.25, 0.3) is 10.8 Å². The Bertz CT molecular complexity index is 710. The van der Waals surface area contributed by atoms with Gasteiger partial charge in [0.1, 0.15) is 11.9 Å². The molecule has 1 unspecified atom stereocenters. The van der Waals surface area contributed by atoms with Gasteiger partial charge in [-0.15, -0.1) is 0 Å². The average molecular weight is 251 g/mol. The molecule has 3 nitrogen and oxygen atoms in total. The molecule has 3 heteroatoms. The number of phenols is 1. The molecule has 94 valence electrons. The lowest BCUT2D eigenvalue weighted by Gasteiger charge is -2.15. The van der Waals surface area contributed by atoms with Crippen LogP contribution in [0, 0.1) is 0 Å². The predicted octanol–water partition coefficient (Wildman–Crippen LogP) is 3.02. The van der Waals surface area contributed by atoms with E-state index in [1.165, 1.54) is 0 Å². The monoisotopic (exact) mass is 251 g/mol. The Morgan fingerprint density at radius 3 is 2.42 bits per heavy atom. The molecule has 0 spiro atoms. The number of nitrogens with zero attached hydrogens (tertiary/aromatic N) is 1. The van der Waals surface area contributed by atoms with Crippen molar-refractivity contribution in [2.24, 2.45) is 0 Å². The first kappa shape index (κ1) is 11.7. The average Bonchev–Trinajstić information content (AvgIpc) is 2.47. The van der Waals surface area contributed by atoms with Crippen LogP contribution < -0.4 is 0 Å². The lowest BCUT2D eigenvalue weighted by atomic mass is 9.95. The Kier molecular flexibility index (Phi) is 2.89. The summed E-state index contributed by atoms with van der Waals surface area (Å²) in [5, 5.41) is 22.4. The SMILES string of the molecule is Oc1ccc2ccccc2c1C(O)c1ccncc1. The van der Waals surface area contributed by atoms with Gasteiger partial charge in [-0.1, -0.05) is 30.3 Å². The smallest absolute Gasteiger partial charge is 0.122 e. The van der Waals surface area contributed by atoms with Gasteiger partial charge in [-0.25, -0.2) is 0 Å². The highest BCUT2D eigenvalue weighted by molar-refractivity contribution is 5.88. The van der Waals surface area contributed by atoms with E-state index in [1.807, 2.05) is 30.3 Å². The van der Waals surface area contributed by atoms with E-state index >= 15 is 0 Å². The van der Waals surface area contributed by atoms with E-state index in [2.05, 4.69) is 4.98 Å². The number of aromatic hydroxyl groups is 1. The van der Waals surface area contributed by atoms with Crippen molar-refractivity contribution in [1.29, 1.82) is 0 Å². The Morgan fingerprint density at radius 1 is 0.895 bits per heavy atom. The molecule has 1 atom stereocenters. The van der Waals surface area contributed by atoms with Crippen molar-refractivity contribution in [3.05, 3.63) is 72.1 Å². The molecule has 19 heavy (non-hydrogen) atoms. The number of phenolic OH excluding ortho intramolecular Hbond substituents is 1. The van der Waals surface area contributed by atoms with Crippen molar-refractivity contribution < 1.29 is 10.2 Å². The fraction of sp³-hybridized carbons (Fsp3) is 0.0625. The van der Waals surface area contributed by atoms with Crippen LogP contribution in [0.4, 0.5) is 0 Å². The first-order chi connectivity index (χ1) is 9.27. The summed E-state index contributed by atoms with van der Waals surface area (Å²) >= 11 is 0. The van der Waals surface area contributed by atoms with E-state index in [4.69, 9.17) is 0 Å². The maximum atomic E-state index is 10.5. The van der Waals surface area contributed by atoms with Gasteiger partial charge in [-0.2, -0.15) is 0 Å². The number of benzene rings is 2. The molecule has 0 radical (unpaired) electrons. The van der Waals surface area contributed by atoms with Crippen molar-refractivity contribution >= 4 is 10.8 Å². The van der Waals surface area contributed by atoms with Gasteiger partial charge in [0.2, 0.25) is 0 Å². The molecule has 3 rings (SSSR count). The van der Waals surface area contributed by atoms with Gasteiger partial charge in [0, 0.05) is 18.0 Å². The van der Waals surface area contributed by atoms with Gasteiger partial charge in [0.05, 0.1) is 0 Å². The molecule has 1 heterocycles. The molecule has 0 aliphatic rings. The van der Waals surface area contributed by atoms with E-state index in [0.717, 1.165) is 10.8 Å². The van der Waals surface area contributed by atoms with Gasteiger partial charge >= 0.3 is 0 Å². The highest BCUT2D eigenvalue weighted by atomic mass is 16.3. The topological polar surface area (TPSA) is 53.4 Å². The number of rotatable bonds is 2. The predicted molar refractivity (Wildman–Crippen MR) is 73.9 cm³/mol. The van der Waals surface area contributed by atoms with Crippen molar-refractivity contribution in [1.82, 2.24) is 4.98 Å². The van der Waals surface area contributed by atoms with Crippen LogP contribution in [0.2, 0.25) is 0 Å². The first-order valence-electron chi connectivity index (χ1n) is 6.06. The zero-order valence-electron chi connectivity index (χ0n) is 10.2. The van der Waals surface area contributed by atoms with Gasteiger partial charge in [-0.3, -0.25) is 4.98 Å². The second-order valence-electron chi connectivity index (χ2n) is 4.40. The number of fused-ring (bicyclic) bond motifs is 1. The van der Waals surface area contributed by atoms with Crippen molar-refractivity contribution in [3.63, 3.8) is 0 Å². The Morgan fingerprint density at radius 2 is 1.63 bits per heavy atom. The van der Waals surface area contributed by atoms with E-state index < -0.39 is 6.10 Å². The van der Waals surface area contributed by atoms with Gasteiger partial charge in [0.15, 0.2) is 0 Å². The summed E-state index contributed by atoms with van der Waals surface area (Å²) in [6, 6.07) is 14.6. The van der Waals surface area contributed by atoms with E-state index in [9.17, 15) is 10.2 Å². The summed E-state index contributed by atoms with van der Waals surface area (Å²) in [5.74, 6) is 0.100. The number of aromatic nitrogens is 1. The maximum Gasteiger partial charge on any atom is 0.122 e. The van der Waals surface area contributed by atoms with Crippen molar-refractivity contribution in [2.45, 2.75) is 6.10 Å². The van der Waals surface area contributed by atoms with Crippen LogP contribution in [0.3, 0.4) is 0 Å². The molecule has 2 N–H and O–H groups in total. The molecule has 0 aliphatic carbocycles. The summed E-state index contributed by atoms with van der Waals surface area (Å²) in [6.07, 6.45) is 2.38. The second-order valence-corrected chi connectivity index (χ2v) is 4.40. The lowest BCUT2D eigenvalue weighted by molar-refractivity contribution is 0.217. The Hall–Kier alpha value is -2.39. The van der Waals surface area contributed by atoms with Crippen LogP contribution in [0.1, 0.15) is 17.2 Å². The maximum absolute atomic E-state index is 10.5. The summed E-state index contributed by atoms with van der Waals surface area (Å²) < 4.78 is 0. The minimum atomic E-state index is -0.867. The lowest BCUT2D eigenvalue weighted by Crippen LogP contribution is -2.01. The normalized spacial score (nSPS) is 12.5. The Labute approximate surface area is 110 Å². The summed E-state index contributed by atoms with van der Waals surface area (Å²) in [5.41, 5.74) is 1.24. The number of hydrogen-bond donors (Lipinski definition) is 2. The summed E-state index contributed by atoms with van der Waals surface area (Å²) in [6.45, 7) is 0. The molecule has 0 saturated carbocycles. The molecule has 0 bridgehead atoms. The molecule has 3 aromatic rings. The quantitative estimate of drug-likeness (QED) is 0.736. The third kappa shape index (κ3) is 2.04.